The quantitative estimate of drug-likeness (QED) is 0.638. The number of carbonyl (C=O) groups excluding carboxylic acids is 1. The van der Waals surface area contributed by atoms with Crippen molar-refractivity contribution in [3.63, 3.8) is 0 Å². The molecule has 1 aliphatic heterocycles. The molecule has 0 atom stereocenters. The van der Waals surface area contributed by atoms with Gasteiger partial charge < -0.3 is 4.90 Å². The molecule has 6 nitrogen and oxygen atoms in total. The van der Waals surface area contributed by atoms with Gasteiger partial charge in [0.1, 0.15) is 16.5 Å². The molecule has 0 spiro atoms. The lowest BCUT2D eigenvalue weighted by molar-refractivity contribution is -0.138. The molecule has 0 N–H and O–H groups in total. The van der Waals surface area contributed by atoms with Crippen molar-refractivity contribution in [1.29, 1.82) is 0 Å². The second-order valence-corrected chi connectivity index (χ2v) is 11.3. The van der Waals surface area contributed by atoms with Crippen LogP contribution in [-0.2, 0) is 14.8 Å². The molecule has 0 unspecified atom stereocenters. The first-order chi connectivity index (χ1) is 15.0. The van der Waals surface area contributed by atoms with Crippen LogP contribution in [0.3, 0.4) is 0 Å². The lowest BCUT2D eigenvalue weighted by atomic mass is 9.84. The number of amides is 1. The Morgan fingerprint density at radius 2 is 1.59 bits per heavy atom. The Kier molecular flexibility index (Phi) is 7.93. The van der Waals surface area contributed by atoms with Crippen molar-refractivity contribution in [2.75, 3.05) is 26.2 Å². The molecule has 1 aliphatic carbocycles. The van der Waals surface area contributed by atoms with Crippen LogP contribution in [0.2, 0.25) is 0 Å². The van der Waals surface area contributed by atoms with Crippen molar-refractivity contribution in [1.82, 2.24) is 14.1 Å². The molecule has 1 heterocycles. The van der Waals surface area contributed by atoms with E-state index >= 15 is 0 Å². The number of nitrogens with zero attached hydrogens (tertiary/aromatic N) is 3. The molecule has 2 aliphatic rings. The van der Waals surface area contributed by atoms with Crippen LogP contribution < -0.4 is 0 Å². The molecule has 32 heavy (non-hydrogen) atoms. The first-order valence-electron chi connectivity index (χ1n) is 11.5. The van der Waals surface area contributed by atoms with E-state index in [1.807, 2.05) is 4.90 Å². The number of sulfonamides is 1. The van der Waals surface area contributed by atoms with Gasteiger partial charge in [-0.25, -0.2) is 17.2 Å². The Balaban J connectivity index is 1.66. The highest BCUT2D eigenvalue weighted by Gasteiger charge is 2.39. The number of rotatable bonds is 6. The molecular formula is C23H35F2N3O3S. The first-order valence-corrected chi connectivity index (χ1v) is 13.0. The lowest BCUT2D eigenvalue weighted by Crippen LogP contribution is -2.53. The molecule has 1 aromatic rings. The van der Waals surface area contributed by atoms with Crippen molar-refractivity contribution in [3.8, 4) is 0 Å². The second kappa shape index (κ2) is 10.1. The first kappa shape index (κ1) is 25.1. The zero-order chi connectivity index (χ0) is 23.6. The zero-order valence-corrected chi connectivity index (χ0v) is 20.2. The molecule has 2 fully saturated rings. The van der Waals surface area contributed by atoms with Crippen molar-refractivity contribution < 1.29 is 22.0 Å². The van der Waals surface area contributed by atoms with E-state index in [0.717, 1.165) is 38.3 Å². The summed E-state index contributed by atoms with van der Waals surface area (Å²) in [5, 5.41) is 0. The Bertz CT molecular complexity index is 907. The minimum absolute atomic E-state index is 0.101. The van der Waals surface area contributed by atoms with Crippen LogP contribution in [0.15, 0.2) is 23.1 Å². The van der Waals surface area contributed by atoms with Gasteiger partial charge in [0.25, 0.3) is 0 Å². The van der Waals surface area contributed by atoms with Gasteiger partial charge in [-0.3, -0.25) is 9.69 Å². The number of hydrogen-bond acceptors (Lipinski definition) is 4. The number of carbonyl (C=O) groups is 1. The zero-order valence-electron chi connectivity index (χ0n) is 19.4. The fourth-order valence-electron chi connectivity index (χ4n) is 4.99. The molecule has 0 aromatic heterocycles. The summed E-state index contributed by atoms with van der Waals surface area (Å²) in [4.78, 5) is 16.8. The van der Waals surface area contributed by atoms with Crippen LogP contribution in [0, 0.1) is 17.6 Å². The van der Waals surface area contributed by atoms with Crippen LogP contribution in [-0.4, -0.2) is 72.7 Å². The minimum Gasteiger partial charge on any atom is -0.340 e. The maximum absolute atomic E-state index is 14.3. The summed E-state index contributed by atoms with van der Waals surface area (Å²) in [6.45, 7) is 11.0. The smallest absolute Gasteiger partial charge is 0.246 e. The topological polar surface area (TPSA) is 60.9 Å². The maximum atomic E-state index is 14.3. The van der Waals surface area contributed by atoms with E-state index in [2.05, 4.69) is 18.7 Å². The summed E-state index contributed by atoms with van der Waals surface area (Å²) in [5.41, 5.74) is 0. The fourth-order valence-corrected chi connectivity index (χ4v) is 6.92. The molecule has 180 valence electrons. The maximum Gasteiger partial charge on any atom is 0.246 e. The average Bonchev–Trinajstić information content (AvgIpc) is 2.73. The highest BCUT2D eigenvalue weighted by molar-refractivity contribution is 7.89. The Labute approximate surface area is 190 Å². The standard InChI is InChI=1S/C23H35F2N3O3S/c1-16(2)26-11-13-27(14-12-26)23(29)18-5-8-20(9-6-18)28(17(3)4)32(30,31)22-10-7-19(24)15-21(22)25/h7,10,15-18,20H,5-6,8-9,11-14H2,1-4H3. The van der Waals surface area contributed by atoms with Gasteiger partial charge in [-0.2, -0.15) is 4.31 Å². The summed E-state index contributed by atoms with van der Waals surface area (Å²) in [5.74, 6) is -1.84. The van der Waals surface area contributed by atoms with Crippen molar-refractivity contribution >= 4 is 15.9 Å². The molecule has 1 saturated heterocycles. The van der Waals surface area contributed by atoms with Crippen molar-refractivity contribution in [2.45, 2.75) is 76.4 Å². The minimum atomic E-state index is -4.13. The van der Waals surface area contributed by atoms with Gasteiger partial charge in [-0.05, 0) is 65.5 Å². The monoisotopic (exact) mass is 471 g/mol. The fraction of sp³-hybridized carbons (Fsp3) is 0.696. The van der Waals surface area contributed by atoms with Gasteiger partial charge in [-0.15, -0.1) is 0 Å². The summed E-state index contributed by atoms with van der Waals surface area (Å²) in [6.07, 6.45) is 2.31. The third-order valence-corrected chi connectivity index (χ3v) is 8.88. The Morgan fingerprint density at radius 3 is 2.09 bits per heavy atom. The Morgan fingerprint density at radius 1 is 1.00 bits per heavy atom. The van der Waals surface area contributed by atoms with Crippen LogP contribution in [0.1, 0.15) is 53.4 Å². The summed E-state index contributed by atoms with van der Waals surface area (Å²) < 4.78 is 55.4. The van der Waals surface area contributed by atoms with Crippen LogP contribution in [0.5, 0.6) is 0 Å². The highest BCUT2D eigenvalue weighted by Crippen LogP contribution is 2.34. The molecule has 0 bridgehead atoms. The predicted octanol–water partition coefficient (Wildman–Crippen LogP) is 3.48. The normalized spacial score (nSPS) is 23.3. The highest BCUT2D eigenvalue weighted by atomic mass is 32.2. The molecule has 1 saturated carbocycles. The number of benzene rings is 1. The van der Waals surface area contributed by atoms with E-state index in [-0.39, 0.29) is 23.9 Å². The predicted molar refractivity (Wildman–Crippen MR) is 120 cm³/mol. The lowest BCUT2D eigenvalue weighted by Gasteiger charge is -2.41. The van der Waals surface area contributed by atoms with Gasteiger partial charge >= 0.3 is 0 Å². The molecule has 0 radical (unpaired) electrons. The van der Waals surface area contributed by atoms with E-state index < -0.39 is 26.6 Å². The molecule has 1 aromatic carbocycles. The van der Waals surface area contributed by atoms with Crippen LogP contribution in [0.4, 0.5) is 8.78 Å². The SMILES string of the molecule is CC(C)N1CCN(C(=O)C2CCC(N(C(C)C)S(=O)(=O)c3ccc(F)cc3F)CC2)CC1. The van der Waals surface area contributed by atoms with Gasteiger partial charge in [0.05, 0.1) is 0 Å². The molecule has 1 amide bonds. The average molecular weight is 472 g/mol. The van der Waals surface area contributed by atoms with E-state index in [1.165, 1.54) is 4.31 Å². The van der Waals surface area contributed by atoms with Gasteiger partial charge in [0, 0.05) is 56.3 Å². The van der Waals surface area contributed by atoms with E-state index in [1.54, 1.807) is 13.8 Å². The molecule has 9 heteroatoms. The molecule has 3 rings (SSSR count). The summed E-state index contributed by atoms with van der Waals surface area (Å²) in [7, 11) is -4.13. The second-order valence-electron chi connectivity index (χ2n) is 9.46. The largest absolute Gasteiger partial charge is 0.340 e. The van der Waals surface area contributed by atoms with E-state index in [4.69, 9.17) is 0 Å². The van der Waals surface area contributed by atoms with Crippen molar-refractivity contribution in [3.05, 3.63) is 29.8 Å². The van der Waals surface area contributed by atoms with Gasteiger partial charge in [0.2, 0.25) is 15.9 Å². The van der Waals surface area contributed by atoms with Crippen LogP contribution in [0.25, 0.3) is 0 Å². The molecular weight excluding hydrogens is 436 g/mol. The summed E-state index contributed by atoms with van der Waals surface area (Å²) in [6, 6.07) is 2.32. The third-order valence-electron chi connectivity index (χ3n) is 6.72. The van der Waals surface area contributed by atoms with E-state index in [9.17, 15) is 22.0 Å². The number of halogens is 2. The third kappa shape index (κ3) is 5.31. The van der Waals surface area contributed by atoms with Crippen LogP contribution >= 0.6 is 0 Å². The van der Waals surface area contributed by atoms with Crippen molar-refractivity contribution in [2.24, 2.45) is 5.92 Å². The van der Waals surface area contributed by atoms with Gasteiger partial charge in [0.15, 0.2) is 0 Å². The summed E-state index contributed by atoms with van der Waals surface area (Å²) >= 11 is 0. The number of piperazine rings is 1. The Hall–Kier alpha value is -1.58. The number of hydrogen-bond donors (Lipinski definition) is 0. The van der Waals surface area contributed by atoms with E-state index in [0.29, 0.717) is 37.8 Å². The van der Waals surface area contributed by atoms with Gasteiger partial charge in [-0.1, -0.05) is 0 Å².